The summed E-state index contributed by atoms with van der Waals surface area (Å²) in [6.45, 7) is 1.79. The third-order valence-electron chi connectivity index (χ3n) is 2.73. The number of halogens is 1. The van der Waals surface area contributed by atoms with Crippen LogP contribution in [0.4, 0.5) is 0 Å². The Kier molecular flexibility index (Phi) is 3.73. The molecule has 0 N–H and O–H groups in total. The van der Waals surface area contributed by atoms with Gasteiger partial charge >= 0.3 is 0 Å². The molecule has 0 spiro atoms. The van der Waals surface area contributed by atoms with Crippen LogP contribution >= 0.6 is 11.6 Å². The maximum absolute atomic E-state index is 12.3. The highest BCUT2D eigenvalue weighted by Gasteiger charge is 2.18. The quantitative estimate of drug-likeness (QED) is 0.860. The van der Waals surface area contributed by atoms with Gasteiger partial charge in [-0.15, -0.1) is 0 Å². The van der Waals surface area contributed by atoms with Crippen molar-refractivity contribution >= 4 is 21.4 Å². The molecule has 0 saturated heterocycles. The van der Waals surface area contributed by atoms with Crippen LogP contribution in [0, 0.1) is 6.92 Å². The van der Waals surface area contributed by atoms with Crippen molar-refractivity contribution in [2.45, 2.75) is 17.6 Å². The Morgan fingerprint density at radius 1 is 1.00 bits per heavy atom. The Bertz CT molecular complexity index is 663. The van der Waals surface area contributed by atoms with Gasteiger partial charge in [-0.05, 0) is 30.2 Å². The molecule has 0 atom stereocenters. The van der Waals surface area contributed by atoms with E-state index in [1.807, 2.05) is 6.07 Å². The molecule has 0 fully saturated rings. The summed E-state index contributed by atoms with van der Waals surface area (Å²) < 4.78 is 24.6. The second-order valence-electron chi connectivity index (χ2n) is 4.12. The standard InChI is InChI=1S/C14H13ClO2S/c1-11-6-2-5-9-14(11)18(16,17)10-12-7-3-4-8-13(12)15/h2-9H,10H2,1H3. The van der Waals surface area contributed by atoms with E-state index in [-0.39, 0.29) is 5.75 Å². The number of aryl methyl sites for hydroxylation is 1. The van der Waals surface area contributed by atoms with Gasteiger partial charge in [0.1, 0.15) is 0 Å². The van der Waals surface area contributed by atoms with Crippen LogP contribution in [0.25, 0.3) is 0 Å². The van der Waals surface area contributed by atoms with Crippen LogP contribution in [0.3, 0.4) is 0 Å². The van der Waals surface area contributed by atoms with Crippen molar-refractivity contribution in [3.8, 4) is 0 Å². The molecule has 0 aliphatic rings. The fourth-order valence-corrected chi connectivity index (χ4v) is 3.75. The fourth-order valence-electron chi connectivity index (χ4n) is 1.80. The minimum atomic E-state index is -3.35. The van der Waals surface area contributed by atoms with Crippen molar-refractivity contribution in [1.29, 1.82) is 0 Å². The Labute approximate surface area is 112 Å². The third kappa shape index (κ3) is 2.74. The first-order valence-electron chi connectivity index (χ1n) is 5.52. The molecule has 4 heteroatoms. The molecule has 0 saturated carbocycles. The Hall–Kier alpha value is -1.32. The fraction of sp³-hybridized carbons (Fsp3) is 0.143. The second kappa shape index (κ2) is 5.12. The third-order valence-corrected chi connectivity index (χ3v) is 4.92. The zero-order valence-corrected chi connectivity index (χ0v) is 11.5. The van der Waals surface area contributed by atoms with Crippen molar-refractivity contribution in [2.75, 3.05) is 0 Å². The van der Waals surface area contributed by atoms with Crippen molar-refractivity contribution in [1.82, 2.24) is 0 Å². The van der Waals surface area contributed by atoms with Crippen LogP contribution < -0.4 is 0 Å². The minimum Gasteiger partial charge on any atom is -0.223 e. The minimum absolute atomic E-state index is 0.0719. The molecule has 94 valence electrons. The van der Waals surface area contributed by atoms with Crippen molar-refractivity contribution in [2.24, 2.45) is 0 Å². The van der Waals surface area contributed by atoms with Gasteiger partial charge in [-0.3, -0.25) is 0 Å². The molecule has 2 nitrogen and oxygen atoms in total. The molecule has 0 aliphatic heterocycles. The second-order valence-corrected chi connectivity index (χ2v) is 6.48. The summed E-state index contributed by atoms with van der Waals surface area (Å²) >= 11 is 5.99. The van der Waals surface area contributed by atoms with Crippen molar-refractivity contribution in [3.05, 3.63) is 64.7 Å². The van der Waals surface area contributed by atoms with E-state index in [1.54, 1.807) is 49.4 Å². The molecule has 0 bridgehead atoms. The highest BCUT2D eigenvalue weighted by atomic mass is 35.5. The van der Waals surface area contributed by atoms with Gasteiger partial charge < -0.3 is 0 Å². The Balaban J connectivity index is 2.40. The van der Waals surface area contributed by atoms with E-state index >= 15 is 0 Å². The summed E-state index contributed by atoms with van der Waals surface area (Å²) in [5.41, 5.74) is 1.38. The number of benzene rings is 2. The van der Waals surface area contributed by atoms with E-state index in [9.17, 15) is 8.42 Å². The van der Waals surface area contributed by atoms with Crippen LogP contribution in [-0.4, -0.2) is 8.42 Å². The molecule has 2 rings (SSSR count). The van der Waals surface area contributed by atoms with E-state index in [4.69, 9.17) is 11.6 Å². The van der Waals surface area contributed by atoms with Crippen LogP contribution in [-0.2, 0) is 15.6 Å². The predicted molar refractivity (Wildman–Crippen MR) is 73.5 cm³/mol. The van der Waals surface area contributed by atoms with Gasteiger partial charge in [0.05, 0.1) is 10.6 Å². The van der Waals surface area contributed by atoms with Gasteiger partial charge in [0.25, 0.3) is 0 Å². The lowest BCUT2D eigenvalue weighted by molar-refractivity contribution is 0.594. The summed E-state index contributed by atoms with van der Waals surface area (Å²) in [5.74, 6) is -0.0719. The zero-order valence-electron chi connectivity index (χ0n) is 9.93. The van der Waals surface area contributed by atoms with Crippen LogP contribution in [0.1, 0.15) is 11.1 Å². The van der Waals surface area contributed by atoms with E-state index in [0.29, 0.717) is 15.5 Å². The number of rotatable bonds is 3. The summed E-state index contributed by atoms with van der Waals surface area (Å²) in [5, 5.41) is 0.481. The molecule has 2 aromatic carbocycles. The molecule has 0 amide bonds. The van der Waals surface area contributed by atoms with Gasteiger partial charge in [0, 0.05) is 5.02 Å². The lowest BCUT2D eigenvalue weighted by atomic mass is 10.2. The lowest BCUT2D eigenvalue weighted by Crippen LogP contribution is -2.07. The Morgan fingerprint density at radius 2 is 1.61 bits per heavy atom. The topological polar surface area (TPSA) is 34.1 Å². The maximum Gasteiger partial charge on any atom is 0.182 e. The average Bonchev–Trinajstić information content (AvgIpc) is 2.32. The molecular weight excluding hydrogens is 268 g/mol. The highest BCUT2D eigenvalue weighted by molar-refractivity contribution is 7.90. The number of sulfone groups is 1. The molecule has 0 radical (unpaired) electrons. The average molecular weight is 281 g/mol. The first kappa shape index (κ1) is 13.1. The van der Waals surface area contributed by atoms with E-state index in [2.05, 4.69) is 0 Å². The molecule has 0 heterocycles. The summed E-state index contributed by atoms with van der Waals surface area (Å²) in [4.78, 5) is 0.366. The van der Waals surface area contributed by atoms with Gasteiger partial charge in [-0.1, -0.05) is 48.0 Å². The summed E-state index contributed by atoms with van der Waals surface area (Å²) in [7, 11) is -3.35. The predicted octanol–water partition coefficient (Wildman–Crippen LogP) is 3.62. The van der Waals surface area contributed by atoms with Crippen LogP contribution in [0.15, 0.2) is 53.4 Å². The van der Waals surface area contributed by atoms with Crippen LogP contribution in [0.2, 0.25) is 5.02 Å². The summed E-state index contributed by atoms with van der Waals surface area (Å²) in [6.07, 6.45) is 0. The smallest absolute Gasteiger partial charge is 0.182 e. The molecule has 18 heavy (non-hydrogen) atoms. The van der Waals surface area contributed by atoms with Gasteiger partial charge in [0.2, 0.25) is 0 Å². The molecular formula is C14H13ClO2S. The first-order chi connectivity index (χ1) is 8.50. The van der Waals surface area contributed by atoms with E-state index < -0.39 is 9.84 Å². The summed E-state index contributed by atoms with van der Waals surface area (Å²) in [6, 6.07) is 14.0. The van der Waals surface area contributed by atoms with Crippen molar-refractivity contribution in [3.63, 3.8) is 0 Å². The highest BCUT2D eigenvalue weighted by Crippen LogP contribution is 2.23. The van der Waals surface area contributed by atoms with Gasteiger partial charge in [-0.25, -0.2) is 8.42 Å². The van der Waals surface area contributed by atoms with Crippen LogP contribution in [0.5, 0.6) is 0 Å². The monoisotopic (exact) mass is 280 g/mol. The molecule has 0 aromatic heterocycles. The first-order valence-corrected chi connectivity index (χ1v) is 7.55. The van der Waals surface area contributed by atoms with E-state index in [0.717, 1.165) is 5.56 Å². The van der Waals surface area contributed by atoms with Gasteiger partial charge in [0.15, 0.2) is 9.84 Å². The molecule has 0 unspecified atom stereocenters. The largest absolute Gasteiger partial charge is 0.223 e. The maximum atomic E-state index is 12.3. The SMILES string of the molecule is Cc1ccccc1S(=O)(=O)Cc1ccccc1Cl. The lowest BCUT2D eigenvalue weighted by Gasteiger charge is -2.08. The van der Waals surface area contributed by atoms with Crippen molar-refractivity contribution < 1.29 is 8.42 Å². The molecule has 0 aliphatic carbocycles. The zero-order chi connectivity index (χ0) is 13.2. The van der Waals surface area contributed by atoms with Gasteiger partial charge in [-0.2, -0.15) is 0 Å². The number of hydrogen-bond acceptors (Lipinski definition) is 2. The Morgan fingerprint density at radius 3 is 2.28 bits per heavy atom. The number of hydrogen-bond donors (Lipinski definition) is 0. The normalized spacial score (nSPS) is 11.4. The molecule has 2 aromatic rings. The van der Waals surface area contributed by atoms with E-state index in [1.165, 1.54) is 0 Å².